The smallest absolute Gasteiger partial charge is 0.312 e. The van der Waals surface area contributed by atoms with E-state index in [4.69, 9.17) is 0 Å². The van der Waals surface area contributed by atoms with Gasteiger partial charge in [-0.3, -0.25) is 9.69 Å². The first kappa shape index (κ1) is 15.9. The van der Waals surface area contributed by atoms with Gasteiger partial charge in [-0.05, 0) is 39.2 Å². The summed E-state index contributed by atoms with van der Waals surface area (Å²) in [5.41, 5.74) is 0.568. The van der Waals surface area contributed by atoms with E-state index >= 15 is 0 Å². The van der Waals surface area contributed by atoms with Crippen molar-refractivity contribution in [3.63, 3.8) is 0 Å². The third-order valence-corrected chi connectivity index (χ3v) is 6.11. The van der Waals surface area contributed by atoms with Crippen LogP contribution in [0.1, 0.15) is 41.8 Å². The first-order valence-electron chi connectivity index (χ1n) is 8.19. The zero-order valence-corrected chi connectivity index (χ0v) is 14.2. The molecule has 6 heteroatoms. The molecule has 0 radical (unpaired) electrons. The summed E-state index contributed by atoms with van der Waals surface area (Å²) >= 11 is 1.75. The predicted molar refractivity (Wildman–Crippen MR) is 87.2 cm³/mol. The number of rotatable bonds is 4. The minimum absolute atomic E-state index is 0.129. The first-order valence-corrected chi connectivity index (χ1v) is 9.01. The van der Waals surface area contributed by atoms with Crippen LogP contribution in [-0.2, 0) is 17.8 Å². The van der Waals surface area contributed by atoms with E-state index in [0.717, 1.165) is 50.3 Å². The van der Waals surface area contributed by atoms with Crippen molar-refractivity contribution < 1.29 is 9.90 Å². The molecule has 0 aliphatic carbocycles. The molecule has 2 N–H and O–H groups in total. The molecule has 2 atom stereocenters. The Kier molecular flexibility index (Phi) is 4.52. The lowest BCUT2D eigenvalue weighted by Gasteiger charge is -2.48. The molecule has 1 aromatic rings. The molecular formula is C16H25N3O2S. The van der Waals surface area contributed by atoms with E-state index < -0.39 is 11.4 Å². The Morgan fingerprint density at radius 3 is 3.14 bits per heavy atom. The number of nitrogens with zero attached hydrogens (tertiary/aromatic N) is 2. The summed E-state index contributed by atoms with van der Waals surface area (Å²) in [4.78, 5) is 20.2. The van der Waals surface area contributed by atoms with E-state index in [1.165, 1.54) is 10.6 Å². The maximum absolute atomic E-state index is 12.0. The molecule has 1 aromatic heterocycles. The summed E-state index contributed by atoms with van der Waals surface area (Å²) in [6, 6.07) is 0.129. The first-order chi connectivity index (χ1) is 10.5. The summed E-state index contributed by atoms with van der Waals surface area (Å²) in [6.45, 7) is 7.59. The number of aliphatic carboxylic acids is 1. The number of aromatic nitrogens is 1. The number of carboxylic acids is 1. The topological polar surface area (TPSA) is 65.5 Å². The summed E-state index contributed by atoms with van der Waals surface area (Å²) in [7, 11) is 0. The molecule has 22 heavy (non-hydrogen) atoms. The van der Waals surface area contributed by atoms with Crippen LogP contribution in [0, 0.1) is 12.3 Å². The van der Waals surface area contributed by atoms with Crippen molar-refractivity contribution >= 4 is 17.3 Å². The molecule has 5 nitrogen and oxygen atoms in total. The van der Waals surface area contributed by atoms with Crippen LogP contribution in [0.3, 0.4) is 0 Å². The summed E-state index contributed by atoms with van der Waals surface area (Å²) in [5.74, 6) is -0.634. The maximum atomic E-state index is 12.0. The largest absolute Gasteiger partial charge is 0.481 e. The fourth-order valence-electron chi connectivity index (χ4n) is 3.98. The lowest BCUT2D eigenvalue weighted by Crippen LogP contribution is -2.62. The molecule has 0 amide bonds. The molecule has 0 spiro atoms. The lowest BCUT2D eigenvalue weighted by atomic mass is 9.70. The SMILES string of the molecule is CCc1nc(C)sc1CN1CC[C@@H]2NCCC[C@@]2(C(=O)O)C1. The zero-order valence-electron chi connectivity index (χ0n) is 13.4. The minimum Gasteiger partial charge on any atom is -0.481 e. The van der Waals surface area contributed by atoms with Gasteiger partial charge in [-0.15, -0.1) is 11.3 Å². The highest BCUT2D eigenvalue weighted by atomic mass is 32.1. The Morgan fingerprint density at radius 1 is 1.59 bits per heavy atom. The summed E-state index contributed by atoms with van der Waals surface area (Å²) in [6.07, 6.45) is 3.61. The number of thiazole rings is 1. The Balaban J connectivity index is 1.77. The van der Waals surface area contributed by atoms with Gasteiger partial charge in [0.2, 0.25) is 0 Å². The average molecular weight is 323 g/mol. The van der Waals surface area contributed by atoms with Crippen LogP contribution < -0.4 is 5.32 Å². The number of piperidine rings is 2. The fourth-order valence-corrected chi connectivity index (χ4v) is 5.05. The Labute approximate surface area is 135 Å². The van der Waals surface area contributed by atoms with E-state index in [-0.39, 0.29) is 6.04 Å². The molecule has 3 heterocycles. The van der Waals surface area contributed by atoms with Gasteiger partial charge in [0.15, 0.2) is 0 Å². The highest BCUT2D eigenvalue weighted by Crippen LogP contribution is 2.38. The van der Waals surface area contributed by atoms with Crippen molar-refractivity contribution in [2.24, 2.45) is 5.41 Å². The molecule has 0 unspecified atom stereocenters. The van der Waals surface area contributed by atoms with Crippen LogP contribution in [0.4, 0.5) is 0 Å². The molecule has 2 aliphatic rings. The second kappa shape index (κ2) is 6.26. The Morgan fingerprint density at radius 2 is 2.41 bits per heavy atom. The van der Waals surface area contributed by atoms with Gasteiger partial charge in [0.1, 0.15) is 0 Å². The van der Waals surface area contributed by atoms with E-state index in [0.29, 0.717) is 6.54 Å². The predicted octanol–water partition coefficient (Wildman–Crippen LogP) is 2.04. The zero-order chi connectivity index (χ0) is 15.7. The monoisotopic (exact) mass is 323 g/mol. The molecule has 3 rings (SSSR count). The molecule has 2 saturated heterocycles. The van der Waals surface area contributed by atoms with E-state index in [1.807, 2.05) is 6.92 Å². The minimum atomic E-state index is -0.634. The van der Waals surface area contributed by atoms with Gasteiger partial charge in [0.05, 0.1) is 16.1 Å². The van der Waals surface area contributed by atoms with Gasteiger partial charge in [-0.25, -0.2) is 4.98 Å². The number of fused-ring (bicyclic) bond motifs is 1. The van der Waals surface area contributed by atoms with Crippen molar-refractivity contribution in [3.8, 4) is 0 Å². The quantitative estimate of drug-likeness (QED) is 0.888. The maximum Gasteiger partial charge on any atom is 0.312 e. The number of hydrogen-bond acceptors (Lipinski definition) is 5. The van der Waals surface area contributed by atoms with Crippen molar-refractivity contribution in [3.05, 3.63) is 15.6 Å². The van der Waals surface area contributed by atoms with Crippen molar-refractivity contribution in [1.82, 2.24) is 15.2 Å². The number of hydrogen-bond donors (Lipinski definition) is 2. The third-order valence-electron chi connectivity index (χ3n) is 5.11. The lowest BCUT2D eigenvalue weighted by molar-refractivity contribution is -0.157. The Bertz CT molecular complexity index is 560. The highest BCUT2D eigenvalue weighted by Gasteiger charge is 2.50. The molecule has 122 valence electrons. The molecule has 0 aromatic carbocycles. The van der Waals surface area contributed by atoms with Crippen molar-refractivity contribution in [2.75, 3.05) is 19.6 Å². The van der Waals surface area contributed by atoms with Crippen LogP contribution >= 0.6 is 11.3 Å². The van der Waals surface area contributed by atoms with Crippen LogP contribution in [0.2, 0.25) is 0 Å². The van der Waals surface area contributed by atoms with Gasteiger partial charge in [0, 0.05) is 30.6 Å². The normalized spacial score (nSPS) is 29.3. The number of nitrogens with one attached hydrogen (secondary N) is 1. The van der Waals surface area contributed by atoms with Crippen molar-refractivity contribution in [1.29, 1.82) is 0 Å². The molecular weight excluding hydrogens is 298 g/mol. The summed E-state index contributed by atoms with van der Waals surface area (Å²) < 4.78 is 0. The van der Waals surface area contributed by atoms with Crippen LogP contribution in [0.25, 0.3) is 0 Å². The number of carbonyl (C=O) groups is 1. The molecule has 0 saturated carbocycles. The number of likely N-dealkylation sites (tertiary alicyclic amines) is 1. The second-order valence-electron chi connectivity index (χ2n) is 6.53. The Hall–Kier alpha value is -0.980. The molecule has 2 fully saturated rings. The van der Waals surface area contributed by atoms with E-state index in [2.05, 4.69) is 22.1 Å². The van der Waals surface area contributed by atoms with Gasteiger partial charge in [0.25, 0.3) is 0 Å². The molecule has 0 bridgehead atoms. The van der Waals surface area contributed by atoms with Gasteiger partial charge in [-0.2, -0.15) is 0 Å². The number of aryl methyl sites for hydroxylation is 2. The average Bonchev–Trinajstić information content (AvgIpc) is 2.86. The van der Waals surface area contributed by atoms with Gasteiger partial charge < -0.3 is 10.4 Å². The van der Waals surface area contributed by atoms with Crippen LogP contribution in [0.15, 0.2) is 0 Å². The highest BCUT2D eigenvalue weighted by molar-refractivity contribution is 7.11. The van der Waals surface area contributed by atoms with Crippen LogP contribution in [-0.4, -0.2) is 46.6 Å². The summed E-state index contributed by atoms with van der Waals surface area (Å²) in [5, 5.41) is 14.4. The number of carboxylic acid groups (broad SMARTS) is 1. The van der Waals surface area contributed by atoms with E-state index in [1.54, 1.807) is 11.3 Å². The molecule has 2 aliphatic heterocycles. The second-order valence-corrected chi connectivity index (χ2v) is 7.81. The third kappa shape index (κ3) is 2.79. The van der Waals surface area contributed by atoms with Crippen LogP contribution in [0.5, 0.6) is 0 Å². The van der Waals surface area contributed by atoms with Gasteiger partial charge >= 0.3 is 5.97 Å². The van der Waals surface area contributed by atoms with Crippen molar-refractivity contribution in [2.45, 2.75) is 52.1 Å². The van der Waals surface area contributed by atoms with E-state index in [9.17, 15) is 9.90 Å². The fraction of sp³-hybridized carbons (Fsp3) is 0.750. The standard InChI is InChI=1S/C16H25N3O2S/c1-3-12-13(22-11(2)18-12)9-19-8-5-14-16(10-19,15(20)21)6-4-7-17-14/h14,17H,3-10H2,1-2H3,(H,20,21)/t14-,16+/m0/s1. The van der Waals surface area contributed by atoms with Gasteiger partial charge in [-0.1, -0.05) is 6.92 Å².